The normalized spacial score (nSPS) is 12.3. The molecule has 0 radical (unpaired) electrons. The van der Waals surface area contributed by atoms with Crippen LogP contribution < -0.4 is 24.5 Å². The molecule has 5 nitrogen and oxygen atoms in total. The number of rotatable bonds is 15. The van der Waals surface area contributed by atoms with E-state index in [4.69, 9.17) is 0 Å². The highest BCUT2D eigenvalue weighted by molar-refractivity contribution is 6.05. The average molecular weight is 1380 g/mol. The Labute approximate surface area is 629 Å². The first-order chi connectivity index (χ1) is 53.6. The molecule has 1 aliphatic heterocycles. The summed E-state index contributed by atoms with van der Waals surface area (Å²) in [6, 6.07) is 159. The predicted octanol–water partition coefficient (Wildman–Crippen LogP) is 28.5. The van der Waals surface area contributed by atoms with Crippen molar-refractivity contribution in [2.75, 3.05) is 24.5 Å². The van der Waals surface area contributed by atoms with Crippen LogP contribution in [0.4, 0.5) is 85.3 Å². The molecule has 18 aromatic carbocycles. The molecule has 0 fully saturated rings. The fourth-order valence-electron chi connectivity index (χ4n) is 17.1. The zero-order valence-electron chi connectivity index (χ0n) is 59.2. The molecular formula is C103H71N5. The van der Waals surface area contributed by atoms with Crippen molar-refractivity contribution in [2.24, 2.45) is 0 Å². The van der Waals surface area contributed by atoms with Crippen LogP contribution in [0.2, 0.25) is 0 Å². The van der Waals surface area contributed by atoms with Crippen molar-refractivity contribution in [3.8, 4) is 33.4 Å². The Kier molecular flexibility index (Phi) is 15.7. The molecule has 0 unspecified atom stereocenters. The van der Waals surface area contributed by atoms with Gasteiger partial charge in [-0.1, -0.05) is 279 Å². The van der Waals surface area contributed by atoms with Gasteiger partial charge in [0.25, 0.3) is 0 Å². The lowest BCUT2D eigenvalue weighted by atomic mass is 9.64. The van der Waals surface area contributed by atoms with Crippen LogP contribution in [0.25, 0.3) is 65.7 Å². The van der Waals surface area contributed by atoms with Gasteiger partial charge in [-0.05, 0) is 223 Å². The second kappa shape index (κ2) is 26.8. The summed E-state index contributed by atoms with van der Waals surface area (Å²) in [5, 5.41) is 7.12. The quantitative estimate of drug-likeness (QED) is 0.101. The van der Waals surface area contributed by atoms with Gasteiger partial charge in [0.1, 0.15) is 0 Å². The monoisotopic (exact) mass is 1380 g/mol. The van der Waals surface area contributed by atoms with Crippen molar-refractivity contribution < 1.29 is 0 Å². The van der Waals surface area contributed by atoms with Crippen LogP contribution in [-0.4, -0.2) is 0 Å². The number of benzene rings is 18. The zero-order chi connectivity index (χ0) is 71.5. The van der Waals surface area contributed by atoms with E-state index in [9.17, 15) is 0 Å². The van der Waals surface area contributed by atoms with Crippen molar-refractivity contribution in [1.82, 2.24) is 0 Å². The molecule has 2 aliphatic rings. The molecule has 5 heteroatoms. The number of fused-ring (bicyclic) bond motifs is 12. The van der Waals surface area contributed by atoms with E-state index in [-0.39, 0.29) is 0 Å². The van der Waals surface area contributed by atoms with Crippen LogP contribution in [0.3, 0.4) is 0 Å². The Morgan fingerprint density at radius 1 is 0.176 bits per heavy atom. The minimum atomic E-state index is -0.867. The lowest BCUT2D eigenvalue weighted by Crippen LogP contribution is -2.36. The second-order valence-electron chi connectivity index (χ2n) is 27.9. The largest absolute Gasteiger partial charge is 0.310 e. The van der Waals surface area contributed by atoms with Crippen LogP contribution in [0.5, 0.6) is 0 Å². The third-order valence-electron chi connectivity index (χ3n) is 22.0. The summed E-state index contributed by atoms with van der Waals surface area (Å²) in [6.07, 6.45) is 0. The highest BCUT2D eigenvalue weighted by Gasteiger charge is 2.52. The molecule has 508 valence electrons. The van der Waals surface area contributed by atoms with E-state index < -0.39 is 5.41 Å². The molecular weight excluding hydrogens is 1310 g/mol. The van der Waals surface area contributed by atoms with Crippen LogP contribution in [-0.2, 0) is 5.41 Å². The summed E-state index contributed by atoms with van der Waals surface area (Å²) in [5.41, 5.74) is 27.0. The number of hydrogen-bond donors (Lipinski definition) is 0. The Morgan fingerprint density at radius 3 is 0.870 bits per heavy atom. The van der Waals surface area contributed by atoms with E-state index in [1.165, 1.54) is 76.8 Å². The molecule has 0 amide bonds. The zero-order valence-corrected chi connectivity index (χ0v) is 59.2. The van der Waals surface area contributed by atoms with E-state index in [2.05, 4.69) is 455 Å². The highest BCUT2D eigenvalue weighted by Crippen LogP contribution is 2.65. The Balaban J connectivity index is 0.798. The van der Waals surface area contributed by atoms with Crippen LogP contribution in [0.15, 0.2) is 431 Å². The lowest BCUT2D eigenvalue weighted by molar-refractivity contribution is 0.753. The maximum Gasteiger partial charge on any atom is 0.0755 e. The Bertz CT molecular complexity index is 6000. The molecule has 1 heterocycles. The van der Waals surface area contributed by atoms with Gasteiger partial charge in [0.15, 0.2) is 0 Å². The van der Waals surface area contributed by atoms with Gasteiger partial charge >= 0.3 is 0 Å². The van der Waals surface area contributed by atoms with Gasteiger partial charge in [0.2, 0.25) is 0 Å². The predicted molar refractivity (Wildman–Crippen MR) is 454 cm³/mol. The molecule has 0 aromatic heterocycles. The van der Waals surface area contributed by atoms with E-state index in [1.807, 2.05) is 0 Å². The number of anilines is 15. The SMILES string of the molecule is c1ccc(-c2ccc(N(c3ccc(N(c4ccccc4)c4cccc5ccccc45)cc3)c3ccc4c(c3)C3(c5cc(N(c6ccc(-c7ccccc7)cc6)c6ccc(N(c7ccccc7)c7cccc8ccccc78)cc6)ccc5-4)c4ccccc4N(c4cccc5ccccc45)c4ccccc43)cc2)cc1. The molecule has 0 N–H and O–H groups in total. The summed E-state index contributed by atoms with van der Waals surface area (Å²) in [5.74, 6) is 0. The molecule has 20 rings (SSSR count). The third-order valence-corrected chi connectivity index (χ3v) is 22.0. The van der Waals surface area contributed by atoms with E-state index in [0.717, 1.165) is 96.4 Å². The van der Waals surface area contributed by atoms with Crippen LogP contribution >= 0.6 is 0 Å². The van der Waals surface area contributed by atoms with Gasteiger partial charge in [-0.15, -0.1) is 0 Å². The molecule has 108 heavy (non-hydrogen) atoms. The van der Waals surface area contributed by atoms with E-state index in [0.29, 0.717) is 0 Å². The number of para-hydroxylation sites is 4. The molecule has 18 aromatic rings. The summed E-state index contributed by atoms with van der Waals surface area (Å²) >= 11 is 0. The first-order valence-electron chi connectivity index (χ1n) is 37.1. The summed E-state index contributed by atoms with van der Waals surface area (Å²) in [7, 11) is 0. The van der Waals surface area contributed by atoms with Crippen molar-refractivity contribution in [1.29, 1.82) is 0 Å². The maximum atomic E-state index is 2.53. The third kappa shape index (κ3) is 10.8. The van der Waals surface area contributed by atoms with Crippen molar-refractivity contribution >= 4 is 118 Å². The highest BCUT2D eigenvalue weighted by atomic mass is 15.2. The minimum absolute atomic E-state index is 0.867. The fraction of sp³-hybridized carbons (Fsp3) is 0.00971. The smallest absolute Gasteiger partial charge is 0.0755 e. The first-order valence-corrected chi connectivity index (χ1v) is 37.1. The lowest BCUT2D eigenvalue weighted by Gasteiger charge is -2.45. The first kappa shape index (κ1) is 63.4. The Morgan fingerprint density at radius 2 is 0.454 bits per heavy atom. The van der Waals surface area contributed by atoms with Gasteiger partial charge in [-0.25, -0.2) is 0 Å². The maximum absolute atomic E-state index is 2.53. The van der Waals surface area contributed by atoms with E-state index in [1.54, 1.807) is 0 Å². The van der Waals surface area contributed by atoms with Crippen molar-refractivity contribution in [2.45, 2.75) is 5.41 Å². The standard InChI is InChI=1S/C103H71N5/c1-5-26-72(27-6-1)74-50-54-81(55-51-74)104(83-58-62-85(63-59-83)106(79-36-9-3-10-37-79)98-47-23-33-76-30-13-16-40-89(76)98)87-66-68-92-93-69-67-88(71-97(93)103(96(92)70-87)94-43-19-21-45-101(94)108(102-46-22-20-44-95(102)103)100-49-25-35-78-32-15-18-42-91(78)100)105(82-56-52-75(53-57-82)73-28-7-2-8-29-73)84-60-64-86(65-61-84)107(80-38-11-4-12-39-80)99-48-24-34-77-31-14-17-41-90(77)99/h1-71H. The van der Waals surface area contributed by atoms with Crippen molar-refractivity contribution in [3.05, 3.63) is 453 Å². The molecule has 0 bridgehead atoms. The van der Waals surface area contributed by atoms with Gasteiger partial charge in [-0.2, -0.15) is 0 Å². The summed E-state index contributed by atoms with van der Waals surface area (Å²) < 4.78 is 0. The number of hydrogen-bond acceptors (Lipinski definition) is 5. The fourth-order valence-corrected chi connectivity index (χ4v) is 17.1. The molecule has 1 aliphatic carbocycles. The van der Waals surface area contributed by atoms with Gasteiger partial charge < -0.3 is 24.5 Å². The minimum Gasteiger partial charge on any atom is -0.310 e. The van der Waals surface area contributed by atoms with Crippen LogP contribution in [0.1, 0.15) is 22.3 Å². The second-order valence-corrected chi connectivity index (χ2v) is 27.9. The summed E-state index contributed by atoms with van der Waals surface area (Å²) in [6.45, 7) is 0. The molecule has 0 saturated carbocycles. The molecule has 1 spiro atoms. The molecule has 0 atom stereocenters. The van der Waals surface area contributed by atoms with Gasteiger partial charge in [-0.3, -0.25) is 0 Å². The van der Waals surface area contributed by atoms with Crippen molar-refractivity contribution in [3.63, 3.8) is 0 Å². The number of nitrogens with zero attached hydrogens (tertiary/aromatic N) is 5. The Hall–Kier alpha value is -14.3. The average Bonchev–Trinajstić information content (AvgIpc) is 1.47. The van der Waals surface area contributed by atoms with Crippen LogP contribution in [0, 0.1) is 0 Å². The van der Waals surface area contributed by atoms with E-state index >= 15 is 0 Å². The molecule has 0 saturated heterocycles. The van der Waals surface area contributed by atoms with Gasteiger partial charge in [0, 0.05) is 73.0 Å². The van der Waals surface area contributed by atoms with Gasteiger partial charge in [0.05, 0.1) is 33.9 Å². The summed E-state index contributed by atoms with van der Waals surface area (Å²) in [4.78, 5) is 12.2. The topological polar surface area (TPSA) is 16.2 Å².